The average Bonchev–Trinajstić information content (AvgIpc) is 2.97. The van der Waals surface area contributed by atoms with Crippen LogP contribution in [0.2, 0.25) is 5.02 Å². The fourth-order valence-corrected chi connectivity index (χ4v) is 3.76. The highest BCUT2D eigenvalue weighted by atomic mass is 35.5. The number of pyridine rings is 1. The van der Waals surface area contributed by atoms with Crippen LogP contribution >= 0.6 is 23.4 Å². The van der Waals surface area contributed by atoms with Crippen LogP contribution in [-0.2, 0) is 5.75 Å². The van der Waals surface area contributed by atoms with Crippen LogP contribution in [0, 0.1) is 6.92 Å². The number of imidazole rings is 1. The van der Waals surface area contributed by atoms with Gasteiger partial charge in [0, 0.05) is 28.4 Å². The first-order chi connectivity index (χ1) is 11.6. The van der Waals surface area contributed by atoms with Gasteiger partial charge in [0.1, 0.15) is 5.58 Å². The van der Waals surface area contributed by atoms with Crippen LogP contribution in [-0.4, -0.2) is 9.38 Å². The van der Waals surface area contributed by atoms with E-state index < -0.39 is 0 Å². The topological polar surface area (TPSA) is 47.5 Å². The summed E-state index contributed by atoms with van der Waals surface area (Å²) in [5, 5.41) is 2.40. The lowest BCUT2D eigenvalue weighted by atomic mass is 10.1. The van der Waals surface area contributed by atoms with Gasteiger partial charge in [-0.1, -0.05) is 29.4 Å². The number of rotatable bonds is 3. The maximum absolute atomic E-state index is 11.8. The minimum atomic E-state index is -0.354. The summed E-state index contributed by atoms with van der Waals surface area (Å²) in [4.78, 5) is 16.3. The molecule has 0 spiro atoms. The predicted molar refractivity (Wildman–Crippen MR) is 97.0 cm³/mol. The third kappa shape index (κ3) is 2.70. The van der Waals surface area contributed by atoms with Gasteiger partial charge >= 0.3 is 5.63 Å². The number of fused-ring (bicyclic) bond motifs is 2. The largest absolute Gasteiger partial charge is 0.423 e. The molecule has 0 bridgehead atoms. The van der Waals surface area contributed by atoms with E-state index in [-0.39, 0.29) is 5.63 Å². The molecule has 0 saturated heterocycles. The molecule has 4 aromatic rings. The number of benzene rings is 1. The fraction of sp³-hybridized carbons (Fsp3) is 0.111. The van der Waals surface area contributed by atoms with Crippen molar-refractivity contribution in [2.45, 2.75) is 17.8 Å². The maximum Gasteiger partial charge on any atom is 0.336 e. The molecule has 0 aliphatic carbocycles. The lowest BCUT2D eigenvalue weighted by Crippen LogP contribution is -2.00. The van der Waals surface area contributed by atoms with Gasteiger partial charge in [-0.25, -0.2) is 9.78 Å². The molecule has 24 heavy (non-hydrogen) atoms. The lowest BCUT2D eigenvalue weighted by Gasteiger charge is -2.07. The Morgan fingerprint density at radius 2 is 2.17 bits per heavy atom. The van der Waals surface area contributed by atoms with E-state index in [0.717, 1.165) is 27.2 Å². The highest BCUT2D eigenvalue weighted by Crippen LogP contribution is 2.29. The summed E-state index contributed by atoms with van der Waals surface area (Å²) < 4.78 is 7.32. The van der Waals surface area contributed by atoms with Crippen LogP contribution in [0.25, 0.3) is 16.5 Å². The zero-order chi connectivity index (χ0) is 16.7. The van der Waals surface area contributed by atoms with E-state index in [9.17, 15) is 4.79 Å². The Kier molecular flexibility index (Phi) is 3.82. The summed E-state index contributed by atoms with van der Waals surface area (Å²) in [7, 11) is 0. The second-order valence-electron chi connectivity index (χ2n) is 5.51. The van der Waals surface area contributed by atoms with E-state index in [0.29, 0.717) is 16.4 Å². The minimum Gasteiger partial charge on any atom is -0.423 e. The fourth-order valence-electron chi connectivity index (χ4n) is 2.64. The number of halogens is 1. The molecule has 0 amide bonds. The molecule has 0 unspecified atom stereocenters. The first-order valence-corrected chi connectivity index (χ1v) is 8.76. The molecule has 0 N–H and O–H groups in total. The zero-order valence-electron chi connectivity index (χ0n) is 12.8. The Balaban J connectivity index is 1.74. The molecule has 0 aliphatic heterocycles. The molecule has 3 aromatic heterocycles. The number of thioether (sulfide) groups is 1. The van der Waals surface area contributed by atoms with Crippen molar-refractivity contribution in [1.29, 1.82) is 0 Å². The predicted octanol–water partition coefficient (Wildman–Crippen LogP) is 4.69. The summed E-state index contributed by atoms with van der Waals surface area (Å²) in [6, 6.07) is 11.1. The smallest absolute Gasteiger partial charge is 0.336 e. The second-order valence-corrected chi connectivity index (χ2v) is 6.86. The first-order valence-electron chi connectivity index (χ1n) is 7.39. The quantitative estimate of drug-likeness (QED) is 0.394. The Bertz CT molecular complexity index is 1120. The monoisotopic (exact) mass is 356 g/mol. The molecule has 6 heteroatoms. The summed E-state index contributed by atoms with van der Waals surface area (Å²) in [6.07, 6.45) is 3.81. The second kappa shape index (κ2) is 6.00. The van der Waals surface area contributed by atoms with Gasteiger partial charge in [0.25, 0.3) is 0 Å². The van der Waals surface area contributed by atoms with Gasteiger partial charge in [0.15, 0.2) is 5.16 Å². The number of nitrogens with zero attached hydrogens (tertiary/aromatic N) is 2. The molecule has 0 radical (unpaired) electrons. The van der Waals surface area contributed by atoms with Crippen molar-refractivity contribution in [3.05, 3.63) is 75.4 Å². The van der Waals surface area contributed by atoms with E-state index in [1.165, 1.54) is 6.07 Å². The highest BCUT2D eigenvalue weighted by molar-refractivity contribution is 7.98. The Hall–Kier alpha value is -2.24. The number of hydrogen-bond acceptors (Lipinski definition) is 4. The van der Waals surface area contributed by atoms with Crippen LogP contribution in [0.3, 0.4) is 0 Å². The summed E-state index contributed by atoms with van der Waals surface area (Å²) in [6.45, 7) is 1.89. The van der Waals surface area contributed by atoms with Crippen LogP contribution in [0.1, 0.15) is 11.1 Å². The van der Waals surface area contributed by atoms with Crippen molar-refractivity contribution in [3.63, 3.8) is 0 Å². The van der Waals surface area contributed by atoms with Crippen molar-refractivity contribution in [3.8, 4) is 0 Å². The van der Waals surface area contributed by atoms with Gasteiger partial charge in [0.2, 0.25) is 0 Å². The summed E-state index contributed by atoms with van der Waals surface area (Å²) in [5.74, 6) is 0.607. The SMILES string of the molecule is Cc1cc2oc(=O)cc(CSc3ncc4ccccn34)c2cc1Cl. The zero-order valence-corrected chi connectivity index (χ0v) is 14.4. The van der Waals surface area contributed by atoms with Crippen LogP contribution in [0.15, 0.2) is 63.2 Å². The van der Waals surface area contributed by atoms with Crippen molar-refractivity contribution < 1.29 is 4.42 Å². The molecular formula is C18H13ClN2O2S. The Morgan fingerprint density at radius 3 is 3.04 bits per heavy atom. The first kappa shape index (κ1) is 15.3. The number of hydrogen-bond donors (Lipinski definition) is 0. The average molecular weight is 357 g/mol. The molecule has 1 aromatic carbocycles. The summed E-state index contributed by atoms with van der Waals surface area (Å²) >= 11 is 7.81. The molecule has 3 heterocycles. The molecule has 4 rings (SSSR count). The van der Waals surface area contributed by atoms with Crippen molar-refractivity contribution >= 4 is 39.8 Å². The molecule has 0 fully saturated rings. The number of aryl methyl sites for hydroxylation is 1. The van der Waals surface area contributed by atoms with Crippen molar-refractivity contribution in [2.24, 2.45) is 0 Å². The molecule has 0 saturated carbocycles. The molecule has 0 atom stereocenters. The minimum absolute atomic E-state index is 0.354. The normalized spacial score (nSPS) is 11.4. The highest BCUT2D eigenvalue weighted by Gasteiger charge is 2.11. The van der Waals surface area contributed by atoms with E-state index in [1.807, 2.05) is 48.0 Å². The van der Waals surface area contributed by atoms with E-state index >= 15 is 0 Å². The van der Waals surface area contributed by atoms with Gasteiger partial charge in [-0.2, -0.15) is 0 Å². The third-order valence-corrected chi connectivity index (χ3v) is 5.29. The van der Waals surface area contributed by atoms with Gasteiger partial charge < -0.3 is 4.42 Å². The third-order valence-electron chi connectivity index (χ3n) is 3.87. The molecule has 4 nitrogen and oxygen atoms in total. The summed E-state index contributed by atoms with van der Waals surface area (Å²) in [5.41, 5.74) is 3.02. The maximum atomic E-state index is 11.8. The lowest BCUT2D eigenvalue weighted by molar-refractivity contribution is 0.559. The molecule has 0 aliphatic rings. The van der Waals surface area contributed by atoms with E-state index in [1.54, 1.807) is 17.8 Å². The standard InChI is InChI=1S/C18H13ClN2O2S/c1-11-6-16-14(8-15(11)19)12(7-17(22)23-16)10-24-18-20-9-13-4-2-3-5-21(13)18/h2-9H,10H2,1H3. The molecular weight excluding hydrogens is 344 g/mol. The van der Waals surface area contributed by atoms with Crippen LogP contribution in [0.4, 0.5) is 0 Å². The molecule has 120 valence electrons. The van der Waals surface area contributed by atoms with Crippen molar-refractivity contribution in [2.75, 3.05) is 0 Å². The van der Waals surface area contributed by atoms with E-state index in [4.69, 9.17) is 16.0 Å². The Morgan fingerprint density at radius 1 is 1.29 bits per heavy atom. The Labute approximate surface area is 147 Å². The van der Waals surface area contributed by atoms with Crippen LogP contribution < -0.4 is 5.63 Å². The van der Waals surface area contributed by atoms with Crippen molar-refractivity contribution in [1.82, 2.24) is 9.38 Å². The van der Waals surface area contributed by atoms with Gasteiger partial charge in [-0.3, -0.25) is 4.40 Å². The van der Waals surface area contributed by atoms with E-state index in [2.05, 4.69) is 4.98 Å². The van der Waals surface area contributed by atoms with Gasteiger partial charge in [-0.05, 0) is 42.3 Å². The van der Waals surface area contributed by atoms with Crippen LogP contribution in [0.5, 0.6) is 0 Å². The van der Waals surface area contributed by atoms with Gasteiger partial charge in [-0.15, -0.1) is 0 Å². The van der Waals surface area contributed by atoms with Gasteiger partial charge in [0.05, 0.1) is 11.7 Å². The number of aromatic nitrogens is 2.